The van der Waals surface area contributed by atoms with Gasteiger partial charge in [0.15, 0.2) is 20.5 Å². The Morgan fingerprint density at radius 3 is 2.40 bits per heavy atom. The van der Waals surface area contributed by atoms with Crippen LogP contribution in [0.25, 0.3) is 28.0 Å². The molecule has 0 unspecified atom stereocenters. The molecule has 1 aliphatic rings. The average molecular weight is 677 g/mol. The first-order valence-corrected chi connectivity index (χ1v) is 16.2. The maximum atomic E-state index is 16.0. The van der Waals surface area contributed by atoms with E-state index in [0.29, 0.717) is 11.6 Å². The molecule has 4 heterocycles. The summed E-state index contributed by atoms with van der Waals surface area (Å²) in [5, 5.41) is -0.660. The first kappa shape index (κ1) is 33.6. The minimum absolute atomic E-state index is 0.0801. The molecule has 1 aliphatic heterocycles. The van der Waals surface area contributed by atoms with Crippen LogP contribution in [-0.4, -0.2) is 70.7 Å². The summed E-state index contributed by atoms with van der Waals surface area (Å²) in [6.45, 7) is 9.15. The lowest BCUT2D eigenvalue weighted by molar-refractivity contribution is -0.137. The lowest BCUT2D eigenvalue weighted by Crippen LogP contribution is -2.54. The van der Waals surface area contributed by atoms with Gasteiger partial charge in [-0.2, -0.15) is 18.2 Å². The molecule has 248 valence electrons. The van der Waals surface area contributed by atoms with Gasteiger partial charge in [-0.25, -0.2) is 36.5 Å². The number of pyridine rings is 2. The Hall–Kier alpha value is -4.73. The van der Waals surface area contributed by atoms with E-state index in [4.69, 9.17) is 0 Å². The standard InChI is InChI=1S/C31H29F5N6O4S/c1-6-24(43)40-11-12-41(17(4)15-40)27-21-14-23(33)25(20-8-7-18(32)13-22(20)31(34,35)36)38-28(21)42(30(44)39-27)26-19(16(2)3)9-10-37-29(26)47(5,45)46/h6-10,13-14,16-17H,1,11-12,15H2,2-5H3/t17-/m0/s1. The molecule has 0 aliphatic carbocycles. The van der Waals surface area contributed by atoms with Crippen molar-refractivity contribution in [3.8, 4) is 16.9 Å². The summed E-state index contributed by atoms with van der Waals surface area (Å²) in [7, 11) is -4.13. The van der Waals surface area contributed by atoms with Gasteiger partial charge in [0.05, 0.1) is 16.6 Å². The Balaban J connectivity index is 1.91. The van der Waals surface area contributed by atoms with Crippen molar-refractivity contribution in [3.63, 3.8) is 0 Å². The molecule has 1 fully saturated rings. The smallest absolute Gasteiger partial charge is 0.350 e. The predicted molar refractivity (Wildman–Crippen MR) is 164 cm³/mol. The first-order chi connectivity index (χ1) is 21.9. The third-order valence-corrected chi connectivity index (χ3v) is 8.85. The van der Waals surface area contributed by atoms with Crippen molar-refractivity contribution < 1.29 is 35.2 Å². The van der Waals surface area contributed by atoms with Crippen molar-refractivity contribution >= 4 is 32.6 Å². The van der Waals surface area contributed by atoms with E-state index in [1.165, 1.54) is 17.2 Å². The van der Waals surface area contributed by atoms with E-state index in [9.17, 15) is 35.6 Å². The number of piperazine rings is 1. The van der Waals surface area contributed by atoms with Crippen molar-refractivity contribution in [1.82, 2.24) is 24.4 Å². The van der Waals surface area contributed by atoms with Gasteiger partial charge in [-0.15, -0.1) is 0 Å². The lowest BCUT2D eigenvalue weighted by Gasteiger charge is -2.40. The second-order valence-corrected chi connectivity index (χ2v) is 13.4. The number of rotatable bonds is 6. The Morgan fingerprint density at radius 1 is 1.11 bits per heavy atom. The fourth-order valence-electron chi connectivity index (χ4n) is 5.68. The molecule has 47 heavy (non-hydrogen) atoms. The molecule has 0 bridgehead atoms. The highest BCUT2D eigenvalue weighted by Crippen LogP contribution is 2.40. The average Bonchev–Trinajstić information content (AvgIpc) is 2.99. The molecule has 3 aromatic heterocycles. The first-order valence-electron chi connectivity index (χ1n) is 14.3. The van der Waals surface area contributed by atoms with E-state index in [2.05, 4.69) is 21.5 Å². The number of benzene rings is 1. The number of carbonyl (C=O) groups excluding carboxylic acids is 1. The molecule has 1 aromatic carbocycles. The van der Waals surface area contributed by atoms with Gasteiger partial charge in [-0.3, -0.25) is 4.79 Å². The van der Waals surface area contributed by atoms with Crippen LogP contribution in [0.5, 0.6) is 0 Å². The van der Waals surface area contributed by atoms with Crippen molar-refractivity contribution in [1.29, 1.82) is 0 Å². The van der Waals surface area contributed by atoms with Crippen LogP contribution in [0.2, 0.25) is 0 Å². The molecule has 1 amide bonds. The van der Waals surface area contributed by atoms with Gasteiger partial charge in [0.2, 0.25) is 5.91 Å². The summed E-state index contributed by atoms with van der Waals surface area (Å²) in [5.41, 5.74) is -4.58. The fraction of sp³-hybridized carbons (Fsp3) is 0.323. The number of amides is 1. The van der Waals surface area contributed by atoms with Gasteiger partial charge in [0.1, 0.15) is 23.1 Å². The number of nitrogens with zero attached hydrogens (tertiary/aromatic N) is 6. The van der Waals surface area contributed by atoms with E-state index >= 15 is 4.39 Å². The van der Waals surface area contributed by atoms with Crippen LogP contribution in [0.15, 0.2) is 59.0 Å². The van der Waals surface area contributed by atoms with Crippen molar-refractivity contribution in [3.05, 3.63) is 82.4 Å². The number of carbonyl (C=O) groups is 1. The van der Waals surface area contributed by atoms with Crippen LogP contribution in [0.3, 0.4) is 0 Å². The van der Waals surface area contributed by atoms with Gasteiger partial charge in [0.25, 0.3) is 0 Å². The van der Waals surface area contributed by atoms with Gasteiger partial charge >= 0.3 is 11.9 Å². The van der Waals surface area contributed by atoms with E-state index in [1.54, 1.807) is 25.7 Å². The van der Waals surface area contributed by atoms with Crippen molar-refractivity contribution in [2.75, 3.05) is 30.8 Å². The van der Waals surface area contributed by atoms with Crippen LogP contribution < -0.4 is 10.6 Å². The minimum atomic E-state index is -5.11. The molecule has 10 nitrogen and oxygen atoms in total. The molecule has 0 spiro atoms. The topological polar surface area (TPSA) is 118 Å². The molecule has 16 heteroatoms. The molecule has 1 atom stereocenters. The number of hydrogen-bond donors (Lipinski definition) is 0. The predicted octanol–water partition coefficient (Wildman–Crippen LogP) is 4.89. The third-order valence-electron chi connectivity index (χ3n) is 7.85. The number of aromatic nitrogens is 4. The van der Waals surface area contributed by atoms with E-state index in [-0.39, 0.29) is 48.5 Å². The van der Waals surface area contributed by atoms with Crippen LogP contribution in [0.1, 0.15) is 37.8 Å². The van der Waals surface area contributed by atoms with E-state index < -0.39 is 72.8 Å². The number of alkyl halides is 3. The molecule has 5 rings (SSSR count). The normalized spacial score (nSPS) is 15.8. The quantitative estimate of drug-likeness (QED) is 0.209. The van der Waals surface area contributed by atoms with Crippen LogP contribution in [-0.2, 0) is 20.8 Å². The Bertz CT molecular complexity index is 2100. The van der Waals surface area contributed by atoms with Crippen LogP contribution >= 0.6 is 0 Å². The molecule has 0 N–H and O–H groups in total. The largest absolute Gasteiger partial charge is 0.417 e. The van der Waals surface area contributed by atoms with E-state index in [1.807, 2.05) is 0 Å². The molecule has 0 saturated carbocycles. The Morgan fingerprint density at radius 2 is 1.81 bits per heavy atom. The van der Waals surface area contributed by atoms with Gasteiger partial charge in [-0.05, 0) is 54.8 Å². The summed E-state index contributed by atoms with van der Waals surface area (Å²) >= 11 is 0. The summed E-state index contributed by atoms with van der Waals surface area (Å²) in [6.07, 6.45) is -1.85. The number of anilines is 1. The van der Waals surface area contributed by atoms with Gasteiger partial charge in [0, 0.05) is 43.7 Å². The fourth-order valence-corrected chi connectivity index (χ4v) is 6.50. The maximum absolute atomic E-state index is 16.0. The second-order valence-electron chi connectivity index (χ2n) is 11.4. The summed E-state index contributed by atoms with van der Waals surface area (Å²) < 4.78 is 98.9. The highest BCUT2D eigenvalue weighted by molar-refractivity contribution is 7.90. The Labute approximate surface area is 266 Å². The maximum Gasteiger partial charge on any atom is 0.417 e. The zero-order valence-electron chi connectivity index (χ0n) is 25.6. The second kappa shape index (κ2) is 12.1. The zero-order chi connectivity index (χ0) is 34.6. The molecule has 1 saturated heterocycles. The van der Waals surface area contributed by atoms with Crippen LogP contribution in [0, 0.1) is 11.6 Å². The Kier molecular flexibility index (Phi) is 8.68. The monoisotopic (exact) mass is 676 g/mol. The van der Waals surface area contributed by atoms with E-state index in [0.717, 1.165) is 29.0 Å². The van der Waals surface area contributed by atoms with Gasteiger partial charge in [-0.1, -0.05) is 20.4 Å². The zero-order valence-corrected chi connectivity index (χ0v) is 26.5. The lowest BCUT2D eigenvalue weighted by atomic mass is 10.0. The number of fused-ring (bicyclic) bond motifs is 1. The molecular formula is C31H29F5N6O4S. The minimum Gasteiger partial charge on any atom is -0.350 e. The van der Waals surface area contributed by atoms with Crippen molar-refractivity contribution in [2.24, 2.45) is 0 Å². The number of sulfone groups is 1. The number of halogens is 5. The molecule has 0 radical (unpaired) electrons. The molecular weight excluding hydrogens is 647 g/mol. The molecule has 4 aromatic rings. The van der Waals surface area contributed by atoms with Crippen molar-refractivity contribution in [2.45, 2.75) is 43.9 Å². The SMILES string of the molecule is C=CC(=O)N1CCN(c2nc(=O)n(-c3c(C(C)C)ccnc3S(C)(=O)=O)c3nc(-c4ccc(F)cc4C(F)(F)F)c(F)cc23)[C@@H](C)C1. The highest BCUT2D eigenvalue weighted by atomic mass is 32.2. The van der Waals surface area contributed by atoms with Gasteiger partial charge < -0.3 is 9.80 Å². The summed E-state index contributed by atoms with van der Waals surface area (Å²) in [5.74, 6) is -3.27. The summed E-state index contributed by atoms with van der Waals surface area (Å²) in [6, 6.07) is 3.50. The number of hydrogen-bond acceptors (Lipinski definition) is 8. The third kappa shape index (κ3) is 6.21. The highest BCUT2D eigenvalue weighted by Gasteiger charge is 2.36. The van der Waals surface area contributed by atoms with Crippen LogP contribution in [0.4, 0.5) is 27.8 Å². The summed E-state index contributed by atoms with van der Waals surface area (Å²) in [4.78, 5) is 41.9.